The number of hydrogen-bond donors (Lipinski definition) is 1. The minimum atomic E-state index is -0.723. The molecule has 0 fully saturated rings. The maximum absolute atomic E-state index is 11.0. The molecule has 0 aliphatic carbocycles. The molecule has 18 heavy (non-hydrogen) atoms. The van der Waals surface area contributed by atoms with E-state index >= 15 is 0 Å². The lowest BCUT2D eigenvalue weighted by Gasteiger charge is -2.20. The van der Waals surface area contributed by atoms with Crippen LogP contribution in [0.25, 0.3) is 0 Å². The van der Waals surface area contributed by atoms with E-state index < -0.39 is 5.97 Å². The van der Waals surface area contributed by atoms with Gasteiger partial charge in [0, 0.05) is 13.1 Å². The third kappa shape index (κ3) is 4.37. The maximum Gasteiger partial charge on any atom is 0.307 e. The molecule has 0 spiro atoms. The zero-order valence-corrected chi connectivity index (χ0v) is 11.2. The molecule has 100 valence electrons. The van der Waals surface area contributed by atoms with Gasteiger partial charge in [0.15, 0.2) is 0 Å². The van der Waals surface area contributed by atoms with Crippen LogP contribution < -0.4 is 4.74 Å². The predicted molar refractivity (Wildman–Crippen MR) is 70.7 cm³/mol. The molecule has 1 aromatic carbocycles. The molecular formula is C14H21NO3. The predicted octanol–water partition coefficient (Wildman–Crippen LogP) is 2.24. The second-order valence-corrected chi connectivity index (χ2v) is 4.49. The van der Waals surface area contributed by atoms with Gasteiger partial charge in [-0.25, -0.2) is 0 Å². The number of carboxylic acids is 1. The normalized spacial score (nSPS) is 12.4. The Morgan fingerprint density at radius 1 is 1.39 bits per heavy atom. The Kier molecular flexibility index (Phi) is 5.65. The molecule has 1 N–H and O–H groups in total. The standard InChI is InChI=1S/C14H21NO3/c1-4-12(14(16)17)10-15(2)9-11-5-7-13(18-3)8-6-11/h5-8,12H,4,9-10H2,1-3H3,(H,16,17). The summed E-state index contributed by atoms with van der Waals surface area (Å²) < 4.78 is 5.10. The van der Waals surface area contributed by atoms with Gasteiger partial charge in [0.25, 0.3) is 0 Å². The molecule has 0 heterocycles. The minimum Gasteiger partial charge on any atom is -0.497 e. The second kappa shape index (κ2) is 7.01. The Bertz CT molecular complexity index is 375. The summed E-state index contributed by atoms with van der Waals surface area (Å²) in [6.45, 7) is 3.21. The fourth-order valence-corrected chi connectivity index (χ4v) is 1.87. The molecule has 1 unspecified atom stereocenters. The number of nitrogens with zero attached hydrogens (tertiary/aromatic N) is 1. The summed E-state index contributed by atoms with van der Waals surface area (Å²) in [5.41, 5.74) is 1.15. The summed E-state index contributed by atoms with van der Waals surface area (Å²) in [6.07, 6.45) is 0.655. The lowest BCUT2D eigenvalue weighted by Crippen LogP contribution is -2.29. The van der Waals surface area contributed by atoms with Gasteiger partial charge in [-0.3, -0.25) is 4.79 Å². The summed E-state index contributed by atoms with van der Waals surface area (Å²) in [4.78, 5) is 13.0. The van der Waals surface area contributed by atoms with Gasteiger partial charge in [-0.2, -0.15) is 0 Å². The third-order valence-electron chi connectivity index (χ3n) is 2.99. The van der Waals surface area contributed by atoms with E-state index in [1.54, 1.807) is 7.11 Å². The molecule has 1 rings (SSSR count). The first-order valence-corrected chi connectivity index (χ1v) is 6.11. The topological polar surface area (TPSA) is 49.8 Å². The molecule has 4 heteroatoms. The van der Waals surface area contributed by atoms with E-state index in [-0.39, 0.29) is 5.92 Å². The lowest BCUT2D eigenvalue weighted by molar-refractivity contribution is -0.142. The van der Waals surface area contributed by atoms with Crippen LogP contribution >= 0.6 is 0 Å². The zero-order valence-electron chi connectivity index (χ0n) is 11.2. The van der Waals surface area contributed by atoms with Crippen LogP contribution in [-0.4, -0.2) is 36.7 Å². The summed E-state index contributed by atoms with van der Waals surface area (Å²) in [5, 5.41) is 9.01. The highest BCUT2D eigenvalue weighted by Crippen LogP contribution is 2.13. The van der Waals surface area contributed by atoms with Gasteiger partial charge in [-0.15, -0.1) is 0 Å². The number of benzene rings is 1. The van der Waals surface area contributed by atoms with Crippen molar-refractivity contribution < 1.29 is 14.6 Å². The van der Waals surface area contributed by atoms with E-state index in [4.69, 9.17) is 9.84 Å². The van der Waals surface area contributed by atoms with Gasteiger partial charge in [0.05, 0.1) is 13.0 Å². The fourth-order valence-electron chi connectivity index (χ4n) is 1.87. The lowest BCUT2D eigenvalue weighted by atomic mass is 10.1. The van der Waals surface area contributed by atoms with Gasteiger partial charge >= 0.3 is 5.97 Å². The number of rotatable bonds is 7. The number of methoxy groups -OCH3 is 1. The molecule has 0 saturated heterocycles. The van der Waals surface area contributed by atoms with Crippen LogP contribution in [0.4, 0.5) is 0 Å². The maximum atomic E-state index is 11.0. The Morgan fingerprint density at radius 3 is 2.44 bits per heavy atom. The van der Waals surface area contributed by atoms with E-state index in [1.807, 2.05) is 43.1 Å². The highest BCUT2D eigenvalue weighted by atomic mass is 16.5. The fraction of sp³-hybridized carbons (Fsp3) is 0.500. The molecular weight excluding hydrogens is 230 g/mol. The molecule has 4 nitrogen and oxygen atoms in total. The van der Waals surface area contributed by atoms with Crippen LogP contribution in [-0.2, 0) is 11.3 Å². The van der Waals surface area contributed by atoms with E-state index in [0.717, 1.165) is 17.9 Å². The Hall–Kier alpha value is -1.55. The molecule has 0 bridgehead atoms. The van der Waals surface area contributed by atoms with Crippen molar-refractivity contribution >= 4 is 5.97 Å². The molecule has 0 aromatic heterocycles. The van der Waals surface area contributed by atoms with Crippen molar-refractivity contribution in [3.8, 4) is 5.75 Å². The Balaban J connectivity index is 2.52. The second-order valence-electron chi connectivity index (χ2n) is 4.49. The quantitative estimate of drug-likeness (QED) is 0.807. The van der Waals surface area contributed by atoms with Gasteiger partial charge in [0.2, 0.25) is 0 Å². The highest BCUT2D eigenvalue weighted by Gasteiger charge is 2.17. The van der Waals surface area contributed by atoms with Crippen molar-refractivity contribution in [1.82, 2.24) is 4.90 Å². The van der Waals surface area contributed by atoms with Crippen molar-refractivity contribution in [2.75, 3.05) is 20.7 Å². The number of hydrogen-bond acceptors (Lipinski definition) is 3. The molecule has 1 aromatic rings. The first kappa shape index (κ1) is 14.5. The SMILES string of the molecule is CCC(CN(C)Cc1ccc(OC)cc1)C(=O)O. The highest BCUT2D eigenvalue weighted by molar-refractivity contribution is 5.70. The van der Waals surface area contributed by atoms with Crippen LogP contribution in [0.5, 0.6) is 5.75 Å². The number of carboxylic acid groups (broad SMARTS) is 1. The smallest absolute Gasteiger partial charge is 0.307 e. The van der Waals surface area contributed by atoms with Crippen molar-refractivity contribution in [3.63, 3.8) is 0 Å². The van der Waals surface area contributed by atoms with Crippen LogP contribution in [0.1, 0.15) is 18.9 Å². The average molecular weight is 251 g/mol. The summed E-state index contributed by atoms with van der Waals surface area (Å²) in [7, 11) is 3.58. The van der Waals surface area contributed by atoms with E-state index in [1.165, 1.54) is 0 Å². The Labute approximate surface area is 108 Å². The van der Waals surface area contributed by atoms with Gasteiger partial charge in [-0.1, -0.05) is 19.1 Å². The van der Waals surface area contributed by atoms with Crippen molar-refractivity contribution in [2.24, 2.45) is 5.92 Å². The van der Waals surface area contributed by atoms with E-state index in [2.05, 4.69) is 0 Å². The van der Waals surface area contributed by atoms with E-state index in [9.17, 15) is 4.79 Å². The summed E-state index contributed by atoms with van der Waals surface area (Å²) in [6, 6.07) is 7.82. The molecule has 0 radical (unpaired) electrons. The van der Waals surface area contributed by atoms with Crippen molar-refractivity contribution in [3.05, 3.63) is 29.8 Å². The molecule has 0 aliphatic heterocycles. The van der Waals surface area contributed by atoms with Gasteiger partial charge in [0.1, 0.15) is 5.75 Å². The van der Waals surface area contributed by atoms with Crippen molar-refractivity contribution in [1.29, 1.82) is 0 Å². The molecule has 0 aliphatic rings. The number of aliphatic carboxylic acids is 1. The number of ether oxygens (including phenoxy) is 1. The molecule has 0 saturated carbocycles. The monoisotopic (exact) mass is 251 g/mol. The average Bonchev–Trinajstić information content (AvgIpc) is 2.36. The van der Waals surface area contributed by atoms with Crippen LogP contribution in [0.2, 0.25) is 0 Å². The largest absolute Gasteiger partial charge is 0.497 e. The Morgan fingerprint density at radius 2 is 2.00 bits per heavy atom. The van der Waals surface area contributed by atoms with Gasteiger partial charge in [-0.05, 0) is 31.2 Å². The van der Waals surface area contributed by atoms with Crippen LogP contribution in [0.3, 0.4) is 0 Å². The van der Waals surface area contributed by atoms with Crippen molar-refractivity contribution in [2.45, 2.75) is 19.9 Å². The summed E-state index contributed by atoms with van der Waals surface area (Å²) in [5.74, 6) is -0.189. The van der Waals surface area contributed by atoms with E-state index in [0.29, 0.717) is 13.0 Å². The first-order chi connectivity index (χ1) is 8.56. The zero-order chi connectivity index (χ0) is 13.5. The van der Waals surface area contributed by atoms with Crippen LogP contribution in [0, 0.1) is 5.92 Å². The minimum absolute atomic E-state index is 0.298. The molecule has 1 atom stereocenters. The summed E-state index contributed by atoms with van der Waals surface area (Å²) >= 11 is 0. The molecule has 0 amide bonds. The van der Waals surface area contributed by atoms with Crippen LogP contribution in [0.15, 0.2) is 24.3 Å². The first-order valence-electron chi connectivity index (χ1n) is 6.11. The number of carbonyl (C=O) groups is 1. The van der Waals surface area contributed by atoms with Gasteiger partial charge < -0.3 is 14.7 Å². The third-order valence-corrected chi connectivity index (χ3v) is 2.99.